The Morgan fingerprint density at radius 2 is 2.00 bits per heavy atom. The van der Waals surface area contributed by atoms with E-state index in [0.29, 0.717) is 23.8 Å². The van der Waals surface area contributed by atoms with E-state index in [9.17, 15) is 4.79 Å². The van der Waals surface area contributed by atoms with Crippen molar-refractivity contribution in [1.29, 1.82) is 0 Å². The minimum Gasteiger partial charge on any atom is -0.359 e. The summed E-state index contributed by atoms with van der Waals surface area (Å²) in [7, 11) is 0. The van der Waals surface area contributed by atoms with Gasteiger partial charge in [0.25, 0.3) is 0 Å². The summed E-state index contributed by atoms with van der Waals surface area (Å²) in [4.78, 5) is 16.3. The van der Waals surface area contributed by atoms with Crippen molar-refractivity contribution in [2.24, 2.45) is 0 Å². The minimum atomic E-state index is -0.0566. The molecule has 1 aromatic carbocycles. The predicted octanol–water partition coefficient (Wildman–Crippen LogP) is 1.96. The van der Waals surface area contributed by atoms with Gasteiger partial charge in [0.05, 0.1) is 17.3 Å². The number of rotatable bonds is 5. The van der Waals surface area contributed by atoms with Gasteiger partial charge in [0.2, 0.25) is 5.91 Å². The zero-order valence-corrected chi connectivity index (χ0v) is 14.5. The van der Waals surface area contributed by atoms with Crippen molar-refractivity contribution < 1.29 is 4.79 Å². The fraction of sp³-hybridized carbons (Fsp3) is 0.375. The molecule has 1 saturated heterocycles. The average molecular weight is 353 g/mol. The van der Waals surface area contributed by atoms with Crippen LogP contribution in [0, 0.1) is 0 Å². The Hall–Kier alpha value is -1.63. The lowest BCUT2D eigenvalue weighted by atomic mass is 10.3. The molecule has 1 aliphatic rings. The van der Waals surface area contributed by atoms with Crippen LogP contribution in [0.5, 0.6) is 0 Å². The number of hydrogen-bond donors (Lipinski definition) is 2. The van der Waals surface area contributed by atoms with Gasteiger partial charge in [-0.25, -0.2) is 0 Å². The molecule has 0 saturated carbocycles. The fourth-order valence-electron chi connectivity index (χ4n) is 2.34. The molecule has 0 spiro atoms. The largest absolute Gasteiger partial charge is 0.359 e. The second kappa shape index (κ2) is 8.86. The summed E-state index contributed by atoms with van der Waals surface area (Å²) < 4.78 is 0. The highest BCUT2D eigenvalue weighted by Crippen LogP contribution is 2.20. The number of benzene rings is 1. The average Bonchev–Trinajstić information content (AvgIpc) is 2.55. The molecule has 7 heteroatoms. The van der Waals surface area contributed by atoms with Crippen LogP contribution in [0.4, 0.5) is 5.69 Å². The van der Waals surface area contributed by atoms with Crippen LogP contribution in [0.1, 0.15) is 0 Å². The zero-order chi connectivity index (χ0) is 16.7. The number of nitrogens with one attached hydrogen (secondary N) is 2. The SMILES string of the molecule is C=CCNC(=S)N1CCN(CC(=O)Nc2ccccc2Cl)CC1. The maximum Gasteiger partial charge on any atom is 0.238 e. The summed E-state index contributed by atoms with van der Waals surface area (Å²) in [5.74, 6) is -0.0566. The molecule has 1 aromatic rings. The molecule has 0 bridgehead atoms. The predicted molar refractivity (Wildman–Crippen MR) is 98.9 cm³/mol. The number of anilines is 1. The first-order valence-corrected chi connectivity index (χ1v) is 8.29. The van der Waals surface area contributed by atoms with Crippen molar-refractivity contribution >= 4 is 40.5 Å². The van der Waals surface area contributed by atoms with Crippen molar-refractivity contribution in [3.63, 3.8) is 0 Å². The molecule has 0 aliphatic carbocycles. The Labute approximate surface area is 147 Å². The number of carbonyl (C=O) groups excluding carboxylic acids is 1. The van der Waals surface area contributed by atoms with E-state index in [2.05, 4.69) is 27.0 Å². The molecule has 1 aliphatic heterocycles. The Morgan fingerprint density at radius 3 is 2.65 bits per heavy atom. The van der Waals surface area contributed by atoms with Gasteiger partial charge in [-0.15, -0.1) is 6.58 Å². The number of piperazine rings is 1. The van der Waals surface area contributed by atoms with E-state index in [4.69, 9.17) is 23.8 Å². The summed E-state index contributed by atoms with van der Waals surface area (Å²) in [6, 6.07) is 7.23. The van der Waals surface area contributed by atoms with E-state index in [-0.39, 0.29) is 5.91 Å². The molecular weight excluding hydrogens is 332 g/mol. The molecule has 124 valence electrons. The quantitative estimate of drug-likeness (QED) is 0.626. The molecule has 5 nitrogen and oxygen atoms in total. The number of amides is 1. The molecule has 23 heavy (non-hydrogen) atoms. The summed E-state index contributed by atoms with van der Waals surface area (Å²) in [5.41, 5.74) is 0.646. The second-order valence-electron chi connectivity index (χ2n) is 5.27. The van der Waals surface area contributed by atoms with Crippen LogP contribution in [0.15, 0.2) is 36.9 Å². The molecular formula is C16H21ClN4OS. The Kier molecular flexibility index (Phi) is 6.83. The van der Waals surface area contributed by atoms with E-state index < -0.39 is 0 Å². The van der Waals surface area contributed by atoms with Gasteiger partial charge in [-0.1, -0.05) is 29.8 Å². The van der Waals surface area contributed by atoms with Gasteiger partial charge in [-0.2, -0.15) is 0 Å². The smallest absolute Gasteiger partial charge is 0.238 e. The third-order valence-corrected chi connectivity index (χ3v) is 4.30. The maximum atomic E-state index is 12.1. The van der Waals surface area contributed by atoms with Gasteiger partial charge >= 0.3 is 0 Å². The van der Waals surface area contributed by atoms with Crippen LogP contribution >= 0.6 is 23.8 Å². The number of carbonyl (C=O) groups is 1. The standard InChI is InChI=1S/C16H21ClN4OS/c1-2-7-18-16(23)21-10-8-20(9-11-21)12-15(22)19-14-6-4-3-5-13(14)17/h2-6H,1,7-12H2,(H,18,23)(H,19,22). The lowest BCUT2D eigenvalue weighted by Crippen LogP contribution is -2.52. The molecule has 0 unspecified atom stereocenters. The van der Waals surface area contributed by atoms with E-state index in [1.165, 1.54) is 0 Å². The Morgan fingerprint density at radius 1 is 1.30 bits per heavy atom. The summed E-state index contributed by atoms with van der Waals surface area (Å²) in [5, 5.41) is 7.25. The van der Waals surface area contributed by atoms with Crippen molar-refractivity contribution in [1.82, 2.24) is 15.1 Å². The molecule has 1 amide bonds. The van der Waals surface area contributed by atoms with Crippen LogP contribution in [0.3, 0.4) is 0 Å². The number of halogens is 1. The van der Waals surface area contributed by atoms with E-state index in [1.54, 1.807) is 18.2 Å². The first kappa shape index (κ1) is 17.7. The van der Waals surface area contributed by atoms with Crippen molar-refractivity contribution in [2.75, 3.05) is 44.6 Å². The van der Waals surface area contributed by atoms with Gasteiger partial charge in [0.1, 0.15) is 0 Å². The van der Waals surface area contributed by atoms with E-state index in [1.807, 2.05) is 12.1 Å². The third kappa shape index (κ3) is 5.49. The number of thiocarbonyl (C=S) groups is 1. The van der Waals surface area contributed by atoms with Crippen LogP contribution in [-0.2, 0) is 4.79 Å². The van der Waals surface area contributed by atoms with Crippen molar-refractivity contribution in [3.8, 4) is 0 Å². The third-order valence-electron chi connectivity index (χ3n) is 3.57. The number of nitrogens with zero attached hydrogens (tertiary/aromatic N) is 2. The van der Waals surface area contributed by atoms with Gasteiger partial charge in [-0.3, -0.25) is 9.69 Å². The molecule has 0 aromatic heterocycles. The van der Waals surface area contributed by atoms with Gasteiger partial charge < -0.3 is 15.5 Å². The molecule has 2 N–H and O–H groups in total. The lowest BCUT2D eigenvalue weighted by Gasteiger charge is -2.35. The molecule has 2 rings (SSSR count). The summed E-state index contributed by atoms with van der Waals surface area (Å²) in [6.07, 6.45) is 1.78. The fourth-order valence-corrected chi connectivity index (χ4v) is 2.78. The highest BCUT2D eigenvalue weighted by Gasteiger charge is 2.20. The van der Waals surface area contributed by atoms with Gasteiger partial charge in [-0.05, 0) is 24.4 Å². The summed E-state index contributed by atoms with van der Waals surface area (Å²) >= 11 is 11.4. The molecule has 0 radical (unpaired) electrons. The first-order chi connectivity index (χ1) is 11.1. The van der Waals surface area contributed by atoms with E-state index >= 15 is 0 Å². The topological polar surface area (TPSA) is 47.6 Å². The Balaban J connectivity index is 1.75. The highest BCUT2D eigenvalue weighted by atomic mass is 35.5. The van der Waals surface area contributed by atoms with Gasteiger partial charge in [0, 0.05) is 32.7 Å². The minimum absolute atomic E-state index is 0.0566. The Bertz CT molecular complexity index is 573. The zero-order valence-electron chi connectivity index (χ0n) is 12.9. The second-order valence-corrected chi connectivity index (χ2v) is 6.06. The molecule has 1 fully saturated rings. The van der Waals surface area contributed by atoms with Gasteiger partial charge in [0.15, 0.2) is 5.11 Å². The lowest BCUT2D eigenvalue weighted by molar-refractivity contribution is -0.117. The molecule has 1 heterocycles. The molecule has 0 atom stereocenters. The van der Waals surface area contributed by atoms with Crippen LogP contribution < -0.4 is 10.6 Å². The summed E-state index contributed by atoms with van der Waals surface area (Å²) in [6.45, 7) is 7.89. The van der Waals surface area contributed by atoms with E-state index in [0.717, 1.165) is 31.3 Å². The van der Waals surface area contributed by atoms with Crippen LogP contribution in [0.2, 0.25) is 5.02 Å². The maximum absolute atomic E-state index is 12.1. The normalized spacial score (nSPS) is 15.1. The number of hydrogen-bond acceptors (Lipinski definition) is 3. The monoisotopic (exact) mass is 352 g/mol. The highest BCUT2D eigenvalue weighted by molar-refractivity contribution is 7.80. The number of para-hydroxylation sites is 1. The van der Waals surface area contributed by atoms with Crippen LogP contribution in [-0.4, -0.2) is 60.1 Å². The first-order valence-electron chi connectivity index (χ1n) is 7.50. The van der Waals surface area contributed by atoms with Crippen molar-refractivity contribution in [3.05, 3.63) is 41.9 Å². The van der Waals surface area contributed by atoms with Crippen LogP contribution in [0.25, 0.3) is 0 Å². The van der Waals surface area contributed by atoms with Crippen molar-refractivity contribution in [2.45, 2.75) is 0 Å².